The van der Waals surface area contributed by atoms with E-state index >= 15 is 0 Å². The Labute approximate surface area is 653 Å². The first-order valence-corrected chi connectivity index (χ1v) is 36.1. The molecule has 0 spiro atoms. The fourth-order valence-corrected chi connectivity index (χ4v) is 13.2. The maximum absolute atomic E-state index is 12.6. The Balaban J connectivity index is 0.000000229. The summed E-state index contributed by atoms with van der Waals surface area (Å²) in [6.07, 6.45) is 5.79. The number of amides is 2. The van der Waals surface area contributed by atoms with Crippen LogP contribution in [-0.2, 0) is 21.2 Å². The molecule has 0 fully saturated rings. The number of para-hydroxylation sites is 6. The van der Waals surface area contributed by atoms with E-state index in [-0.39, 0.29) is 89.9 Å². The zero-order chi connectivity index (χ0) is 71.1. The van der Waals surface area contributed by atoms with Crippen molar-refractivity contribution in [3.8, 4) is 49.9 Å². The average molecular weight is 1600 g/mol. The van der Waals surface area contributed by atoms with Gasteiger partial charge in [0.2, 0.25) is 0 Å². The first-order valence-electron chi connectivity index (χ1n) is 29.1. The second-order valence-corrected chi connectivity index (χ2v) is 25.7. The summed E-state index contributed by atoms with van der Waals surface area (Å²) in [6, 6.07) is 49.1. The van der Waals surface area contributed by atoms with Crippen molar-refractivity contribution in [3.63, 3.8) is 0 Å². The number of ether oxygens (including phenoxy) is 3. The summed E-state index contributed by atoms with van der Waals surface area (Å²) in [4.78, 5) is 84.9. The third kappa shape index (κ3) is 24.2. The maximum Gasteiger partial charge on any atom is 1.00 e. The van der Waals surface area contributed by atoms with Gasteiger partial charge in [0.1, 0.15) is 34.2 Å². The standard InChI is InChI=1S/C24H20N4O2S2.C13H11N3OS2.C10H9ClN2O.C8H7NOS.C6H5BrOS.C6H7NOS.C2H3NO2.ClH.Na/c1-16-9-10-22-26-17(12-23(29)27(22)14-16)15-32-24-25-13-19(21-8-5-11-31-21)28(24)18-6-3-4-7-20(18)30-2;1-17-10-6-3-2-5-9(10)16-12(14-15-13(16)18)11-7-4-8-19-11;1-7-2-3-13-9(4-7)12-8(6-11)5-10(13)14;1-10-8-5-3-2-4-7(8)9-6-11;2*7-4-5(8)6-2-1-3-9-6;4-1-3-2-5;;/h3-14H,15H2,1-2H3;2-8H,1H3,(H,15,18);2-5H,6H2,1H3;2-5H,1H3;1-3H,4H2;1-3H,4,7H2;1-2H,(H,3,4,5);1H;/q;;;;;;;;+1/p-1. The number of aliphatic imine (C=N–C) groups is 1. The molecule has 21 nitrogen and oxygen atoms in total. The number of pyridine rings is 2. The summed E-state index contributed by atoms with van der Waals surface area (Å²) in [5.41, 5.74) is 13.2. The molecule has 0 aliphatic heterocycles. The van der Waals surface area contributed by atoms with Crippen molar-refractivity contribution in [2.45, 2.75) is 30.6 Å². The number of alkyl halides is 2. The molecule has 101 heavy (non-hydrogen) atoms. The van der Waals surface area contributed by atoms with Gasteiger partial charge in [0.15, 0.2) is 27.3 Å². The van der Waals surface area contributed by atoms with Gasteiger partial charge in [-0.25, -0.2) is 15.0 Å². The molecule has 0 saturated carbocycles. The Morgan fingerprint density at radius 2 is 1.25 bits per heavy atom. The average Bonchev–Trinajstić information content (AvgIpc) is 1.70. The van der Waals surface area contributed by atoms with Gasteiger partial charge in [-0.05, 0) is 150 Å². The SMILES string of the molecule is COc1ccccc1-n1c(-c2cccs2)cnc1SCc1cc(=O)n2cc(C)ccc2n1.COc1ccccc1-n1c(-c2cccs2)n[nH]c1=S.COc1ccccc1N=C=S.Cc1ccn2c(=O)cc(CCl)nc2c1.Cl.NCC(=O)c1cccs1.O=C(CBr)c1cccs1.O=C[N-]C=O.[Na+]. The number of fused-ring (bicyclic) bond motifs is 2. The van der Waals surface area contributed by atoms with Crippen molar-refractivity contribution in [3.05, 3.63) is 261 Å². The molecule has 3 aromatic carbocycles. The fourth-order valence-electron chi connectivity index (χ4n) is 8.62. The maximum atomic E-state index is 12.6. The number of carbonyl (C=O) groups is 4. The number of hydrogen-bond donors (Lipinski definition) is 2. The van der Waals surface area contributed by atoms with E-state index in [9.17, 15) is 19.2 Å². The molecule has 0 aliphatic rings. The van der Waals surface area contributed by atoms with E-state index in [4.69, 9.17) is 58.3 Å². The number of isothiocyanates is 1. The van der Waals surface area contributed by atoms with Gasteiger partial charge < -0.3 is 34.9 Å². The van der Waals surface area contributed by atoms with Gasteiger partial charge >= 0.3 is 29.6 Å². The van der Waals surface area contributed by atoms with E-state index < -0.39 is 0 Å². The minimum absolute atomic E-state index is 0. The van der Waals surface area contributed by atoms with Gasteiger partial charge in [-0.3, -0.25) is 42.2 Å². The summed E-state index contributed by atoms with van der Waals surface area (Å²) >= 11 is 26.3. The van der Waals surface area contributed by atoms with Crippen LogP contribution in [0.25, 0.3) is 49.3 Å². The van der Waals surface area contributed by atoms with Gasteiger partial charge in [0.25, 0.3) is 11.1 Å². The van der Waals surface area contributed by atoms with E-state index in [0.29, 0.717) is 44.3 Å². The van der Waals surface area contributed by atoms with Gasteiger partial charge in [-0.1, -0.05) is 94.4 Å². The Hall–Kier alpha value is -8.20. The summed E-state index contributed by atoms with van der Waals surface area (Å²) in [7, 11) is 4.91. The van der Waals surface area contributed by atoms with Crippen LogP contribution in [0, 0.1) is 18.6 Å². The van der Waals surface area contributed by atoms with Crippen molar-refractivity contribution in [1.82, 2.24) is 43.1 Å². The quantitative estimate of drug-likeness (QED) is 0.0154. The molecule has 13 rings (SSSR count). The number of ketones is 2. The number of halogens is 3. The third-order valence-corrected chi connectivity index (χ3v) is 18.8. The van der Waals surface area contributed by atoms with E-state index in [0.717, 1.165) is 75.9 Å². The molecule has 0 unspecified atom stereocenters. The second-order valence-electron chi connectivity index (χ2n) is 19.6. The van der Waals surface area contributed by atoms with E-state index in [2.05, 4.69) is 79.8 Å². The van der Waals surface area contributed by atoms with Crippen LogP contribution >= 0.6 is 121 Å². The fraction of sp³-hybridized carbons (Fsp3) is 0.130. The summed E-state index contributed by atoms with van der Waals surface area (Å²) in [6.45, 7) is 4.03. The number of thiophene rings is 4. The molecule has 3 N–H and O–H groups in total. The van der Waals surface area contributed by atoms with Crippen LogP contribution in [0.5, 0.6) is 17.2 Å². The zero-order valence-corrected chi connectivity index (χ0v) is 65.7. The zero-order valence-electron chi connectivity index (χ0n) is 54.8. The molecule has 32 heteroatoms. The number of rotatable bonds is 18. The van der Waals surface area contributed by atoms with Gasteiger partial charge in [-0.2, -0.15) is 10.1 Å². The smallest absolute Gasteiger partial charge is 0.602 e. The predicted octanol–water partition coefficient (Wildman–Crippen LogP) is 13.4. The molecule has 10 aromatic heterocycles. The number of hydrogen-bond acceptors (Lipinski definition) is 22. The first-order chi connectivity index (χ1) is 48.1. The molecule has 516 valence electrons. The second kappa shape index (κ2) is 44.2. The van der Waals surface area contributed by atoms with Crippen molar-refractivity contribution in [2.24, 2.45) is 10.7 Å². The van der Waals surface area contributed by atoms with Gasteiger partial charge in [0.05, 0.1) is 98.4 Å². The molecule has 10 heterocycles. The number of aryl methyl sites for hydroxylation is 2. The topological polar surface area (TPSA) is 269 Å². The number of imide groups is 1. The van der Waals surface area contributed by atoms with E-state index in [1.807, 2.05) is 180 Å². The van der Waals surface area contributed by atoms with Crippen molar-refractivity contribution >= 4 is 168 Å². The Bertz CT molecular complexity index is 4940. The number of benzene rings is 3. The summed E-state index contributed by atoms with van der Waals surface area (Å²) in [5, 5.41) is 21.1. The molecular weight excluding hydrogens is 1540 g/mol. The predicted molar refractivity (Wildman–Crippen MR) is 414 cm³/mol. The number of H-pyrrole nitrogens is 1. The van der Waals surface area contributed by atoms with Crippen LogP contribution < -0.4 is 60.6 Å². The number of thiocarbonyl (C=S) groups is 1. The molecule has 0 aliphatic carbocycles. The molecule has 0 atom stereocenters. The van der Waals surface area contributed by atoms with Crippen LogP contribution in [0.3, 0.4) is 0 Å². The number of Topliss-reactive ketones (excluding diaryl/α,β-unsaturated/α-hetero) is 2. The van der Waals surface area contributed by atoms with Crippen molar-refractivity contribution in [2.75, 3.05) is 33.2 Å². The largest absolute Gasteiger partial charge is 1.00 e. The normalized spacial score (nSPS) is 9.90. The van der Waals surface area contributed by atoms with E-state index in [1.54, 1.807) is 78.5 Å². The number of nitrogens with one attached hydrogen (secondary N) is 1. The Morgan fingerprint density at radius 1 is 0.693 bits per heavy atom. The Kier molecular flexibility index (Phi) is 36.6. The van der Waals surface area contributed by atoms with Gasteiger partial charge in [-0.15, -0.1) is 69.4 Å². The third-order valence-electron chi connectivity index (χ3n) is 13.1. The number of aromatic amines is 1. The molecule has 2 amide bonds. The Morgan fingerprint density at radius 3 is 1.80 bits per heavy atom. The number of carbonyl (C=O) groups excluding carboxylic acids is 4. The van der Waals surface area contributed by atoms with Crippen molar-refractivity contribution in [1.29, 1.82) is 0 Å². The first kappa shape index (κ1) is 83.5. The molecule has 13 aromatic rings. The van der Waals surface area contributed by atoms with Crippen LogP contribution in [-0.4, -0.2) is 106 Å². The monoisotopic (exact) mass is 1600 g/mol. The number of nitrogens with zero attached hydrogens (tertiary/aromatic N) is 10. The molecule has 0 saturated heterocycles. The number of methoxy groups -OCH3 is 3. The van der Waals surface area contributed by atoms with E-state index in [1.165, 1.54) is 33.1 Å². The minimum atomic E-state index is -0.0920. The molecule has 0 bridgehead atoms. The van der Waals surface area contributed by atoms with Crippen LogP contribution in [0.15, 0.2) is 218 Å². The van der Waals surface area contributed by atoms with Gasteiger partial charge in [0, 0.05) is 43.1 Å². The number of nitrogens with two attached hydrogens (primary N) is 1. The number of thioether (sulfide) groups is 1. The minimum Gasteiger partial charge on any atom is -0.602 e. The summed E-state index contributed by atoms with van der Waals surface area (Å²) < 4.78 is 23.7. The number of aromatic nitrogens is 9. The van der Waals surface area contributed by atoms with Crippen molar-refractivity contribution < 1.29 is 62.9 Å². The van der Waals surface area contributed by atoms with Crippen LogP contribution in [0.1, 0.15) is 41.9 Å². The summed E-state index contributed by atoms with van der Waals surface area (Å²) in [5.74, 6) is 4.00. The van der Waals surface area contributed by atoms with Crippen LogP contribution in [0.2, 0.25) is 0 Å². The molecule has 0 radical (unpaired) electrons. The number of imidazole rings is 1. The van der Waals surface area contributed by atoms with Crippen LogP contribution in [0.4, 0.5) is 5.69 Å². The molecular formula is C69H62BrCl2N12NaO9S7.